The molecule has 0 saturated heterocycles. The maximum absolute atomic E-state index is 12.5. The second-order valence-electron chi connectivity index (χ2n) is 6.10. The standard InChI is InChI=1S/C19H20N2O4/c1-12-4-5-13(2)15(8-12)20-18(22)10-21(3)19(23)14-6-7-16-17(9-14)25-11-24-16/h4-9H,10-11H2,1-3H3,(H,20,22). The number of hydrogen-bond donors (Lipinski definition) is 1. The van der Waals surface area contributed by atoms with Gasteiger partial charge < -0.3 is 19.7 Å². The van der Waals surface area contributed by atoms with Crippen LogP contribution in [0.3, 0.4) is 0 Å². The van der Waals surface area contributed by atoms with Crippen molar-refractivity contribution in [1.82, 2.24) is 4.90 Å². The Kier molecular flexibility index (Phi) is 4.61. The van der Waals surface area contributed by atoms with Crippen LogP contribution in [0.4, 0.5) is 5.69 Å². The number of nitrogens with zero attached hydrogens (tertiary/aromatic N) is 1. The van der Waals surface area contributed by atoms with Crippen molar-refractivity contribution in [2.24, 2.45) is 0 Å². The molecule has 2 aromatic rings. The van der Waals surface area contributed by atoms with Crippen molar-refractivity contribution in [1.29, 1.82) is 0 Å². The Balaban J connectivity index is 1.65. The predicted octanol–water partition coefficient (Wildman–Crippen LogP) is 2.74. The van der Waals surface area contributed by atoms with Crippen LogP contribution in [0.15, 0.2) is 36.4 Å². The number of nitrogens with one attached hydrogen (secondary N) is 1. The summed E-state index contributed by atoms with van der Waals surface area (Å²) in [5, 5.41) is 2.85. The van der Waals surface area contributed by atoms with E-state index in [1.165, 1.54) is 4.90 Å². The van der Waals surface area contributed by atoms with Gasteiger partial charge in [0.2, 0.25) is 12.7 Å². The summed E-state index contributed by atoms with van der Waals surface area (Å²) in [6.45, 7) is 4.00. The Labute approximate surface area is 146 Å². The fraction of sp³-hybridized carbons (Fsp3) is 0.263. The molecule has 6 heteroatoms. The first kappa shape index (κ1) is 16.8. The third-order valence-corrected chi connectivity index (χ3v) is 4.01. The van der Waals surface area contributed by atoms with E-state index in [0.717, 1.165) is 16.8 Å². The van der Waals surface area contributed by atoms with E-state index in [9.17, 15) is 9.59 Å². The van der Waals surface area contributed by atoms with E-state index in [1.54, 1.807) is 25.2 Å². The molecule has 0 bridgehead atoms. The first-order valence-corrected chi connectivity index (χ1v) is 7.96. The lowest BCUT2D eigenvalue weighted by atomic mass is 10.1. The Bertz CT molecular complexity index is 832. The second kappa shape index (κ2) is 6.84. The number of rotatable bonds is 4. The summed E-state index contributed by atoms with van der Waals surface area (Å²) in [6.07, 6.45) is 0. The van der Waals surface area contributed by atoms with Gasteiger partial charge in [-0.15, -0.1) is 0 Å². The molecule has 130 valence electrons. The summed E-state index contributed by atoms with van der Waals surface area (Å²) in [6, 6.07) is 10.8. The molecule has 6 nitrogen and oxygen atoms in total. The number of carbonyl (C=O) groups is 2. The Hall–Kier alpha value is -3.02. The summed E-state index contributed by atoms with van der Waals surface area (Å²) >= 11 is 0. The molecule has 0 spiro atoms. The van der Waals surface area contributed by atoms with Gasteiger partial charge in [-0.25, -0.2) is 0 Å². The molecule has 1 aliphatic heterocycles. The normalized spacial score (nSPS) is 12.0. The van der Waals surface area contributed by atoms with Gasteiger partial charge in [0.05, 0.1) is 6.54 Å². The van der Waals surface area contributed by atoms with Crippen LogP contribution < -0.4 is 14.8 Å². The van der Waals surface area contributed by atoms with Crippen LogP contribution in [0.2, 0.25) is 0 Å². The van der Waals surface area contributed by atoms with Crippen molar-refractivity contribution in [2.75, 3.05) is 25.7 Å². The average molecular weight is 340 g/mol. The molecule has 25 heavy (non-hydrogen) atoms. The molecule has 0 saturated carbocycles. The Morgan fingerprint density at radius 3 is 2.64 bits per heavy atom. The van der Waals surface area contributed by atoms with E-state index >= 15 is 0 Å². The number of fused-ring (bicyclic) bond motifs is 1. The smallest absolute Gasteiger partial charge is 0.254 e. The lowest BCUT2D eigenvalue weighted by molar-refractivity contribution is -0.116. The summed E-state index contributed by atoms with van der Waals surface area (Å²) in [7, 11) is 1.59. The zero-order valence-electron chi connectivity index (χ0n) is 14.5. The van der Waals surface area contributed by atoms with Crippen molar-refractivity contribution in [3.63, 3.8) is 0 Å². The zero-order chi connectivity index (χ0) is 18.0. The SMILES string of the molecule is Cc1ccc(C)c(NC(=O)CN(C)C(=O)c2ccc3c(c2)OCO3)c1. The quantitative estimate of drug-likeness (QED) is 0.929. The highest BCUT2D eigenvalue weighted by molar-refractivity contribution is 5.99. The van der Waals surface area contributed by atoms with Crippen LogP contribution in [0, 0.1) is 13.8 Å². The predicted molar refractivity (Wildman–Crippen MR) is 94.1 cm³/mol. The number of anilines is 1. The molecule has 3 rings (SSSR count). The molecular weight excluding hydrogens is 320 g/mol. The Morgan fingerprint density at radius 2 is 1.84 bits per heavy atom. The monoisotopic (exact) mass is 340 g/mol. The first-order valence-electron chi connectivity index (χ1n) is 7.96. The molecule has 0 fully saturated rings. The summed E-state index contributed by atoms with van der Waals surface area (Å²) in [5.74, 6) is 0.658. The van der Waals surface area contributed by atoms with E-state index in [-0.39, 0.29) is 25.2 Å². The van der Waals surface area contributed by atoms with Crippen LogP contribution >= 0.6 is 0 Å². The van der Waals surface area contributed by atoms with Gasteiger partial charge in [-0.3, -0.25) is 9.59 Å². The summed E-state index contributed by atoms with van der Waals surface area (Å²) < 4.78 is 10.5. The number of aryl methyl sites for hydroxylation is 2. The molecule has 0 aliphatic carbocycles. The number of benzene rings is 2. The molecule has 0 atom stereocenters. The second-order valence-corrected chi connectivity index (χ2v) is 6.10. The molecule has 0 unspecified atom stereocenters. The van der Waals surface area contributed by atoms with Crippen molar-refractivity contribution >= 4 is 17.5 Å². The average Bonchev–Trinajstić information content (AvgIpc) is 3.05. The summed E-state index contributed by atoms with van der Waals surface area (Å²) in [4.78, 5) is 26.1. The lowest BCUT2D eigenvalue weighted by Crippen LogP contribution is -2.35. The molecule has 2 amide bonds. The number of amides is 2. The van der Waals surface area contributed by atoms with Crippen molar-refractivity contribution in [2.45, 2.75) is 13.8 Å². The first-order chi connectivity index (χ1) is 11.9. The summed E-state index contributed by atoms with van der Waals surface area (Å²) in [5.41, 5.74) is 3.25. The lowest BCUT2D eigenvalue weighted by Gasteiger charge is -2.18. The van der Waals surface area contributed by atoms with Crippen LogP contribution in [0.1, 0.15) is 21.5 Å². The van der Waals surface area contributed by atoms with Gasteiger partial charge in [-0.2, -0.15) is 0 Å². The number of hydrogen-bond acceptors (Lipinski definition) is 4. The van der Waals surface area contributed by atoms with Crippen molar-refractivity contribution in [3.8, 4) is 11.5 Å². The van der Waals surface area contributed by atoms with E-state index < -0.39 is 0 Å². The molecule has 2 aromatic carbocycles. The van der Waals surface area contributed by atoms with Gasteiger partial charge >= 0.3 is 0 Å². The van der Waals surface area contributed by atoms with Crippen LogP contribution in [-0.2, 0) is 4.79 Å². The topological polar surface area (TPSA) is 67.9 Å². The maximum Gasteiger partial charge on any atom is 0.254 e. The van der Waals surface area contributed by atoms with Crippen molar-refractivity contribution in [3.05, 3.63) is 53.1 Å². The fourth-order valence-corrected chi connectivity index (χ4v) is 2.60. The molecule has 0 radical (unpaired) electrons. The third kappa shape index (κ3) is 3.74. The van der Waals surface area contributed by atoms with Gasteiger partial charge in [0, 0.05) is 18.3 Å². The minimum atomic E-state index is -0.255. The van der Waals surface area contributed by atoms with Gasteiger partial charge in [0.25, 0.3) is 5.91 Å². The molecule has 1 aliphatic rings. The van der Waals surface area contributed by atoms with E-state index in [4.69, 9.17) is 9.47 Å². The van der Waals surface area contributed by atoms with E-state index in [2.05, 4.69) is 5.32 Å². The fourth-order valence-electron chi connectivity index (χ4n) is 2.60. The molecule has 1 heterocycles. The highest BCUT2D eigenvalue weighted by Gasteiger charge is 2.20. The molecular formula is C19H20N2O4. The van der Waals surface area contributed by atoms with E-state index in [1.807, 2.05) is 32.0 Å². The number of ether oxygens (including phenoxy) is 2. The number of likely N-dealkylation sites (N-methyl/N-ethyl adjacent to an activating group) is 1. The van der Waals surface area contributed by atoms with Gasteiger partial charge in [0.1, 0.15) is 0 Å². The van der Waals surface area contributed by atoms with Gasteiger partial charge in [-0.05, 0) is 49.2 Å². The van der Waals surface area contributed by atoms with Crippen molar-refractivity contribution < 1.29 is 19.1 Å². The zero-order valence-corrected chi connectivity index (χ0v) is 14.5. The third-order valence-electron chi connectivity index (χ3n) is 4.01. The molecule has 0 aromatic heterocycles. The highest BCUT2D eigenvalue weighted by Crippen LogP contribution is 2.32. The van der Waals surface area contributed by atoms with Gasteiger partial charge in [0.15, 0.2) is 11.5 Å². The van der Waals surface area contributed by atoms with Crippen LogP contribution in [0.5, 0.6) is 11.5 Å². The van der Waals surface area contributed by atoms with Crippen LogP contribution in [-0.4, -0.2) is 37.1 Å². The minimum Gasteiger partial charge on any atom is -0.454 e. The van der Waals surface area contributed by atoms with E-state index in [0.29, 0.717) is 17.1 Å². The Morgan fingerprint density at radius 1 is 1.08 bits per heavy atom. The molecule has 1 N–H and O–H groups in total. The van der Waals surface area contributed by atoms with Crippen LogP contribution in [0.25, 0.3) is 0 Å². The minimum absolute atomic E-state index is 0.0410. The maximum atomic E-state index is 12.5. The van der Waals surface area contributed by atoms with Gasteiger partial charge in [-0.1, -0.05) is 12.1 Å². The largest absolute Gasteiger partial charge is 0.454 e. The highest BCUT2D eigenvalue weighted by atomic mass is 16.7. The number of carbonyl (C=O) groups excluding carboxylic acids is 2.